The number of carbonyl (C=O) groups is 4. The lowest BCUT2D eigenvalue weighted by Crippen LogP contribution is -2.44. The minimum Gasteiger partial charge on any atom is -0.483 e. The van der Waals surface area contributed by atoms with Crippen molar-refractivity contribution in [3.8, 4) is 5.75 Å². The number of benzene rings is 2. The highest BCUT2D eigenvalue weighted by Gasteiger charge is 2.26. The summed E-state index contributed by atoms with van der Waals surface area (Å²) in [5, 5.41) is 14.8. The summed E-state index contributed by atoms with van der Waals surface area (Å²) in [6.07, 6.45) is 1.81. The number of hydrogen-bond acceptors (Lipinski definition) is 8. The number of aromatic nitrogens is 3. The fourth-order valence-corrected chi connectivity index (χ4v) is 4.58. The zero-order valence-corrected chi connectivity index (χ0v) is 26.1. The average molecular weight is 667 g/mol. The third-order valence-electron chi connectivity index (χ3n) is 6.98. The molecule has 0 spiro atoms. The standard InChI is InChI=1S/C32H32F2N6O8/c1-38(2)25(41)14-8-7-12-22(36-31(44)47-3)29(42)35-23-13-9-15-39(30(23)43)17-24-37-26-27(40(24)32(45)46)20(33)16-21(34)28(26)48-18-19-10-5-4-6-11-19/h4-6,8-11,13-16,22H,7,12,17-18H2,1-3H3,(H,35,42)(H,36,44)(H,45,46)/b14-8+/t22-/m0/s1. The molecule has 0 fully saturated rings. The number of hydrogen-bond donors (Lipinski definition) is 3. The van der Waals surface area contributed by atoms with Gasteiger partial charge < -0.3 is 34.7 Å². The second kappa shape index (κ2) is 15.5. The molecule has 0 aliphatic carbocycles. The van der Waals surface area contributed by atoms with Crippen molar-refractivity contribution in [1.29, 1.82) is 0 Å². The minimum absolute atomic E-state index is 0.0403. The van der Waals surface area contributed by atoms with Crippen LogP contribution in [0.4, 0.5) is 24.1 Å². The van der Waals surface area contributed by atoms with Gasteiger partial charge in [-0.2, -0.15) is 0 Å². The number of nitrogens with one attached hydrogen (secondary N) is 2. The average Bonchev–Trinajstić information content (AvgIpc) is 3.44. The van der Waals surface area contributed by atoms with Gasteiger partial charge in [0.05, 0.1) is 13.7 Å². The lowest BCUT2D eigenvalue weighted by molar-refractivity contribution is -0.123. The quantitative estimate of drug-likeness (QED) is 0.191. The molecule has 0 saturated heterocycles. The Kier molecular flexibility index (Phi) is 11.2. The molecule has 0 aliphatic heterocycles. The van der Waals surface area contributed by atoms with Crippen LogP contribution < -0.4 is 20.9 Å². The Morgan fingerprint density at radius 2 is 1.81 bits per heavy atom. The maximum absolute atomic E-state index is 15.0. The second-order valence-electron chi connectivity index (χ2n) is 10.5. The van der Waals surface area contributed by atoms with Gasteiger partial charge in [-0.25, -0.2) is 27.9 Å². The zero-order valence-electron chi connectivity index (χ0n) is 26.1. The van der Waals surface area contributed by atoms with E-state index in [2.05, 4.69) is 20.4 Å². The van der Waals surface area contributed by atoms with Gasteiger partial charge in [0.2, 0.25) is 11.8 Å². The summed E-state index contributed by atoms with van der Waals surface area (Å²) >= 11 is 0. The summed E-state index contributed by atoms with van der Waals surface area (Å²) in [7, 11) is 4.25. The monoisotopic (exact) mass is 666 g/mol. The third-order valence-corrected chi connectivity index (χ3v) is 6.98. The molecule has 0 unspecified atom stereocenters. The van der Waals surface area contributed by atoms with Crippen molar-refractivity contribution in [2.45, 2.75) is 32.0 Å². The van der Waals surface area contributed by atoms with E-state index in [9.17, 15) is 33.5 Å². The van der Waals surface area contributed by atoms with Crippen LogP contribution in [0, 0.1) is 11.6 Å². The molecule has 3 amide bonds. The van der Waals surface area contributed by atoms with Crippen LogP contribution in [0.3, 0.4) is 0 Å². The van der Waals surface area contributed by atoms with Crippen molar-refractivity contribution in [1.82, 2.24) is 24.3 Å². The first-order valence-corrected chi connectivity index (χ1v) is 14.4. The van der Waals surface area contributed by atoms with Crippen LogP contribution >= 0.6 is 0 Å². The van der Waals surface area contributed by atoms with Gasteiger partial charge in [0.1, 0.15) is 35.2 Å². The summed E-state index contributed by atoms with van der Waals surface area (Å²) in [4.78, 5) is 68.0. The van der Waals surface area contributed by atoms with Crippen LogP contribution in [-0.4, -0.2) is 75.4 Å². The molecule has 14 nitrogen and oxygen atoms in total. The van der Waals surface area contributed by atoms with E-state index in [1.807, 2.05) is 0 Å². The largest absolute Gasteiger partial charge is 0.483 e. The summed E-state index contributed by atoms with van der Waals surface area (Å²) in [6.45, 7) is -0.650. The second-order valence-corrected chi connectivity index (χ2v) is 10.5. The van der Waals surface area contributed by atoms with Gasteiger partial charge in [-0.15, -0.1) is 0 Å². The summed E-state index contributed by atoms with van der Waals surface area (Å²) in [5.41, 5.74) is -1.35. The summed E-state index contributed by atoms with van der Waals surface area (Å²) in [6, 6.07) is 10.7. The number of allylic oxidation sites excluding steroid dienone is 1. The predicted octanol–water partition coefficient (Wildman–Crippen LogP) is 3.72. The Morgan fingerprint density at radius 1 is 1.08 bits per heavy atom. The molecule has 0 aliphatic rings. The van der Waals surface area contributed by atoms with E-state index in [0.717, 1.165) is 11.7 Å². The molecule has 0 radical (unpaired) electrons. The molecule has 4 rings (SSSR count). The van der Waals surface area contributed by atoms with Crippen LogP contribution in [0.2, 0.25) is 0 Å². The molecular weight excluding hydrogens is 634 g/mol. The van der Waals surface area contributed by atoms with Crippen LogP contribution in [0.25, 0.3) is 11.0 Å². The number of nitrogens with zero attached hydrogens (tertiary/aromatic N) is 4. The number of likely N-dealkylation sites (N-methyl/N-ethyl adjacent to an activating group) is 1. The van der Waals surface area contributed by atoms with Crippen molar-refractivity contribution in [2.75, 3.05) is 26.5 Å². The molecule has 0 bridgehead atoms. The number of carbonyl (C=O) groups excluding carboxylic acids is 3. The fraction of sp³-hybridized carbons (Fsp3) is 0.250. The number of halogens is 2. The SMILES string of the molecule is COC(=O)N[C@@H](CC/C=C/C(=O)N(C)C)C(=O)Nc1cccn(Cc2nc3c(OCc4ccccc4)c(F)cc(F)c3n2C(=O)O)c1=O. The van der Waals surface area contributed by atoms with Crippen molar-refractivity contribution in [3.05, 3.63) is 100 Å². The van der Waals surface area contributed by atoms with E-state index < -0.39 is 64.7 Å². The fourth-order valence-electron chi connectivity index (χ4n) is 4.58. The number of ether oxygens (including phenoxy) is 2. The number of imidazole rings is 1. The third kappa shape index (κ3) is 8.20. The number of amides is 3. The number of fused-ring (bicyclic) bond motifs is 1. The molecular formula is C32H32F2N6O8. The van der Waals surface area contributed by atoms with Gasteiger partial charge in [0, 0.05) is 26.4 Å². The molecule has 16 heteroatoms. The minimum atomic E-state index is -1.65. The maximum Gasteiger partial charge on any atom is 0.417 e. The molecule has 48 heavy (non-hydrogen) atoms. The van der Waals surface area contributed by atoms with E-state index in [1.54, 1.807) is 44.4 Å². The van der Waals surface area contributed by atoms with Crippen molar-refractivity contribution < 1.29 is 42.5 Å². The number of anilines is 1. The molecule has 4 aromatic rings. The van der Waals surface area contributed by atoms with Crippen LogP contribution in [0.1, 0.15) is 24.2 Å². The molecule has 2 heterocycles. The number of alkyl carbamates (subject to hydrolysis) is 1. The number of carboxylic acid groups (broad SMARTS) is 1. The molecule has 2 aromatic carbocycles. The molecule has 2 aromatic heterocycles. The highest BCUT2D eigenvalue weighted by atomic mass is 19.1. The number of rotatable bonds is 12. The van der Waals surface area contributed by atoms with E-state index >= 15 is 4.39 Å². The molecule has 0 saturated carbocycles. The first-order valence-electron chi connectivity index (χ1n) is 14.4. The molecule has 1 atom stereocenters. The van der Waals surface area contributed by atoms with Gasteiger partial charge in [0.25, 0.3) is 5.56 Å². The van der Waals surface area contributed by atoms with E-state index in [-0.39, 0.29) is 36.9 Å². The normalized spacial score (nSPS) is 11.7. The number of methoxy groups -OCH3 is 1. The van der Waals surface area contributed by atoms with Crippen molar-refractivity contribution >= 4 is 40.7 Å². The van der Waals surface area contributed by atoms with Crippen LogP contribution in [-0.2, 0) is 27.5 Å². The highest BCUT2D eigenvalue weighted by Crippen LogP contribution is 2.32. The summed E-state index contributed by atoms with van der Waals surface area (Å²) in [5.74, 6) is -4.19. The Balaban J connectivity index is 1.62. The van der Waals surface area contributed by atoms with Crippen molar-refractivity contribution in [3.63, 3.8) is 0 Å². The first kappa shape index (κ1) is 34.8. The van der Waals surface area contributed by atoms with Gasteiger partial charge in [-0.3, -0.25) is 14.4 Å². The van der Waals surface area contributed by atoms with Crippen molar-refractivity contribution in [2.24, 2.45) is 0 Å². The lowest BCUT2D eigenvalue weighted by atomic mass is 10.1. The summed E-state index contributed by atoms with van der Waals surface area (Å²) < 4.78 is 41.6. The van der Waals surface area contributed by atoms with Gasteiger partial charge in [-0.1, -0.05) is 36.4 Å². The Hall–Kier alpha value is -6.06. The van der Waals surface area contributed by atoms with Gasteiger partial charge in [-0.05, 0) is 36.6 Å². The smallest absolute Gasteiger partial charge is 0.417 e. The first-order chi connectivity index (χ1) is 22.9. The van der Waals surface area contributed by atoms with E-state index in [4.69, 9.17) is 4.74 Å². The lowest BCUT2D eigenvalue weighted by Gasteiger charge is -2.17. The van der Waals surface area contributed by atoms with E-state index in [1.165, 1.54) is 35.4 Å². The highest BCUT2D eigenvalue weighted by molar-refractivity contribution is 5.96. The predicted molar refractivity (Wildman–Crippen MR) is 169 cm³/mol. The van der Waals surface area contributed by atoms with Gasteiger partial charge in [0.15, 0.2) is 17.4 Å². The Labute approximate surface area is 272 Å². The van der Waals surface area contributed by atoms with E-state index in [0.29, 0.717) is 16.2 Å². The molecule has 3 N–H and O–H groups in total. The topological polar surface area (TPSA) is 174 Å². The van der Waals surface area contributed by atoms with Crippen LogP contribution in [0.15, 0.2) is 71.7 Å². The molecule has 252 valence electrons. The number of pyridine rings is 1. The van der Waals surface area contributed by atoms with Crippen LogP contribution in [0.5, 0.6) is 5.75 Å². The van der Waals surface area contributed by atoms with Gasteiger partial charge >= 0.3 is 12.2 Å². The zero-order chi connectivity index (χ0) is 35.0. The Morgan fingerprint density at radius 3 is 2.48 bits per heavy atom. The maximum atomic E-state index is 15.0. The Bertz CT molecular complexity index is 1920.